The Balaban J connectivity index is 1.67. The number of likely N-dealkylation sites (N-methyl/N-ethyl adjacent to an activating group) is 1. The molecule has 1 fully saturated rings. The van der Waals surface area contributed by atoms with E-state index < -0.39 is 5.97 Å². The molecule has 6 nitrogen and oxygen atoms in total. The van der Waals surface area contributed by atoms with Crippen LogP contribution in [0.1, 0.15) is 25.7 Å². The highest BCUT2D eigenvalue weighted by Gasteiger charge is 2.27. The van der Waals surface area contributed by atoms with E-state index in [4.69, 9.17) is 9.84 Å². The summed E-state index contributed by atoms with van der Waals surface area (Å²) in [7, 11) is 1.67. The van der Waals surface area contributed by atoms with Gasteiger partial charge in [0.1, 0.15) is 18.2 Å². The number of nitrogens with zero attached hydrogens (tertiary/aromatic N) is 1. The third-order valence-electron chi connectivity index (χ3n) is 4.26. The van der Waals surface area contributed by atoms with Gasteiger partial charge in [-0.2, -0.15) is 0 Å². The van der Waals surface area contributed by atoms with Crippen LogP contribution in [0.2, 0.25) is 0 Å². The summed E-state index contributed by atoms with van der Waals surface area (Å²) in [6, 6.07) is 5.54. The molecule has 0 bridgehead atoms. The van der Waals surface area contributed by atoms with Crippen molar-refractivity contribution in [2.75, 3.05) is 20.2 Å². The lowest BCUT2D eigenvalue weighted by atomic mass is 9.86. The molecule has 0 radical (unpaired) electrons. The molecule has 132 valence electrons. The van der Waals surface area contributed by atoms with Crippen LogP contribution in [0.4, 0.5) is 9.18 Å². The summed E-state index contributed by atoms with van der Waals surface area (Å²) in [6.07, 6.45) is 2.56. The molecule has 7 heteroatoms. The van der Waals surface area contributed by atoms with Gasteiger partial charge in [0, 0.05) is 13.1 Å². The molecule has 0 atom stereocenters. The van der Waals surface area contributed by atoms with Crippen molar-refractivity contribution in [3.05, 3.63) is 30.1 Å². The van der Waals surface area contributed by atoms with Gasteiger partial charge in [0.15, 0.2) is 0 Å². The predicted octanol–water partition coefficient (Wildman–Crippen LogP) is 2.49. The number of aliphatic carboxylic acids is 1. The van der Waals surface area contributed by atoms with E-state index >= 15 is 0 Å². The highest BCUT2D eigenvalue weighted by molar-refractivity contribution is 5.74. The topological polar surface area (TPSA) is 78.9 Å². The van der Waals surface area contributed by atoms with Crippen molar-refractivity contribution in [2.24, 2.45) is 5.92 Å². The molecule has 0 aliphatic heterocycles. The van der Waals surface area contributed by atoms with Gasteiger partial charge in [-0.3, -0.25) is 4.79 Å². The van der Waals surface area contributed by atoms with Crippen molar-refractivity contribution in [2.45, 2.75) is 31.7 Å². The normalized spacial score (nSPS) is 20.2. The zero-order valence-corrected chi connectivity index (χ0v) is 13.7. The zero-order chi connectivity index (χ0) is 17.5. The molecule has 1 aromatic rings. The van der Waals surface area contributed by atoms with Gasteiger partial charge in [-0.25, -0.2) is 9.18 Å². The monoisotopic (exact) mass is 338 g/mol. The Kier molecular flexibility index (Phi) is 6.40. The third-order valence-corrected chi connectivity index (χ3v) is 4.26. The van der Waals surface area contributed by atoms with Gasteiger partial charge in [0.05, 0.1) is 12.5 Å². The quantitative estimate of drug-likeness (QED) is 0.835. The number of carbonyl (C=O) groups is 2. The van der Waals surface area contributed by atoms with Gasteiger partial charge in [0.2, 0.25) is 0 Å². The van der Waals surface area contributed by atoms with Gasteiger partial charge in [-0.15, -0.1) is 0 Å². The minimum atomic E-state index is -0.755. The molecule has 0 aromatic heterocycles. The average Bonchev–Trinajstić information content (AvgIpc) is 2.57. The van der Waals surface area contributed by atoms with Gasteiger partial charge in [-0.1, -0.05) is 0 Å². The SMILES string of the molecule is CN(CCOc1ccc(F)cc1)C(=O)NC1CCC(C(=O)O)CC1. The van der Waals surface area contributed by atoms with Gasteiger partial charge >= 0.3 is 12.0 Å². The lowest BCUT2D eigenvalue weighted by molar-refractivity contribution is -0.142. The number of benzene rings is 1. The Morgan fingerprint density at radius 3 is 2.46 bits per heavy atom. The fourth-order valence-corrected chi connectivity index (χ4v) is 2.70. The van der Waals surface area contributed by atoms with Crippen LogP contribution in [0.3, 0.4) is 0 Å². The molecule has 0 heterocycles. The van der Waals surface area contributed by atoms with Gasteiger partial charge < -0.3 is 20.1 Å². The van der Waals surface area contributed by atoms with E-state index in [0.29, 0.717) is 44.6 Å². The van der Waals surface area contributed by atoms with Gasteiger partial charge in [-0.05, 0) is 49.9 Å². The maximum Gasteiger partial charge on any atom is 0.317 e. The summed E-state index contributed by atoms with van der Waals surface area (Å²) in [5, 5.41) is 11.9. The molecule has 2 N–H and O–H groups in total. The van der Waals surface area contributed by atoms with E-state index in [1.54, 1.807) is 7.05 Å². The number of amides is 2. The zero-order valence-electron chi connectivity index (χ0n) is 13.7. The second-order valence-electron chi connectivity index (χ2n) is 6.06. The van der Waals surface area contributed by atoms with Crippen LogP contribution in [-0.2, 0) is 4.79 Å². The number of urea groups is 1. The molecule has 24 heavy (non-hydrogen) atoms. The van der Waals surface area contributed by atoms with E-state index in [9.17, 15) is 14.0 Å². The van der Waals surface area contributed by atoms with E-state index in [-0.39, 0.29) is 23.8 Å². The molecule has 1 aliphatic rings. The van der Waals surface area contributed by atoms with Crippen LogP contribution in [0.15, 0.2) is 24.3 Å². The molecular weight excluding hydrogens is 315 g/mol. The summed E-state index contributed by atoms with van der Waals surface area (Å²) in [4.78, 5) is 24.5. The first-order valence-corrected chi connectivity index (χ1v) is 8.08. The lowest BCUT2D eigenvalue weighted by Gasteiger charge is -2.28. The Morgan fingerprint density at radius 1 is 1.25 bits per heavy atom. The van der Waals surface area contributed by atoms with Crippen LogP contribution >= 0.6 is 0 Å². The third kappa shape index (κ3) is 5.40. The lowest BCUT2D eigenvalue weighted by Crippen LogP contribution is -2.45. The molecule has 1 aliphatic carbocycles. The molecular formula is C17H23FN2O4. The Labute approximate surface area is 140 Å². The summed E-state index contributed by atoms with van der Waals surface area (Å²) in [5.74, 6) is -0.816. The second-order valence-corrected chi connectivity index (χ2v) is 6.06. The second kappa shape index (κ2) is 8.52. The summed E-state index contributed by atoms with van der Waals surface area (Å²) >= 11 is 0. The average molecular weight is 338 g/mol. The minimum absolute atomic E-state index is 0.0218. The van der Waals surface area contributed by atoms with E-state index in [0.717, 1.165) is 0 Å². The number of hydrogen-bond acceptors (Lipinski definition) is 3. The standard InChI is InChI=1S/C17H23FN2O4/c1-20(10-11-24-15-8-4-13(18)5-9-15)17(23)19-14-6-2-12(3-7-14)16(21)22/h4-5,8-9,12,14H,2-3,6-7,10-11H2,1H3,(H,19,23)(H,21,22). The summed E-state index contributed by atoms with van der Waals surface area (Å²) in [6.45, 7) is 0.703. The van der Waals surface area contributed by atoms with Crippen LogP contribution < -0.4 is 10.1 Å². The number of halogens is 1. The van der Waals surface area contributed by atoms with E-state index in [1.165, 1.54) is 29.2 Å². The van der Waals surface area contributed by atoms with Gasteiger partial charge in [0.25, 0.3) is 0 Å². The van der Waals surface area contributed by atoms with Crippen molar-refractivity contribution in [3.63, 3.8) is 0 Å². The van der Waals surface area contributed by atoms with E-state index in [2.05, 4.69) is 5.32 Å². The van der Waals surface area contributed by atoms with Crippen molar-refractivity contribution >= 4 is 12.0 Å². The predicted molar refractivity (Wildman–Crippen MR) is 86.4 cm³/mol. The fourth-order valence-electron chi connectivity index (χ4n) is 2.70. The first kappa shape index (κ1) is 18.0. The molecule has 0 unspecified atom stereocenters. The van der Waals surface area contributed by atoms with Crippen molar-refractivity contribution < 1.29 is 23.8 Å². The largest absolute Gasteiger partial charge is 0.492 e. The Bertz CT molecular complexity index is 556. The number of ether oxygens (including phenoxy) is 1. The number of nitrogens with one attached hydrogen (secondary N) is 1. The number of rotatable bonds is 6. The first-order chi connectivity index (χ1) is 11.5. The van der Waals surface area contributed by atoms with E-state index in [1.807, 2.05) is 0 Å². The summed E-state index contributed by atoms with van der Waals surface area (Å²) in [5.41, 5.74) is 0. The van der Waals surface area contributed by atoms with Crippen LogP contribution in [0.25, 0.3) is 0 Å². The van der Waals surface area contributed by atoms with Crippen LogP contribution in [0.5, 0.6) is 5.75 Å². The van der Waals surface area contributed by atoms with Crippen molar-refractivity contribution in [3.8, 4) is 5.75 Å². The number of hydrogen-bond donors (Lipinski definition) is 2. The first-order valence-electron chi connectivity index (χ1n) is 8.08. The highest BCUT2D eigenvalue weighted by atomic mass is 19.1. The number of carboxylic acids is 1. The van der Waals surface area contributed by atoms with Crippen LogP contribution in [0, 0.1) is 11.7 Å². The molecule has 2 amide bonds. The minimum Gasteiger partial charge on any atom is -0.492 e. The molecule has 1 saturated carbocycles. The fraction of sp³-hybridized carbons (Fsp3) is 0.529. The van der Waals surface area contributed by atoms with Crippen LogP contribution in [-0.4, -0.2) is 48.2 Å². The molecule has 2 rings (SSSR count). The van der Waals surface area contributed by atoms with Crippen molar-refractivity contribution in [1.29, 1.82) is 0 Å². The highest BCUT2D eigenvalue weighted by Crippen LogP contribution is 2.24. The van der Waals surface area contributed by atoms with Crippen molar-refractivity contribution in [1.82, 2.24) is 10.2 Å². The Hall–Kier alpha value is -2.31. The molecule has 0 saturated heterocycles. The maximum absolute atomic E-state index is 12.8. The number of carboxylic acid groups (broad SMARTS) is 1. The smallest absolute Gasteiger partial charge is 0.317 e. The Morgan fingerprint density at radius 2 is 1.88 bits per heavy atom. The molecule has 0 spiro atoms. The number of carbonyl (C=O) groups excluding carboxylic acids is 1. The maximum atomic E-state index is 12.8. The summed E-state index contributed by atoms with van der Waals surface area (Å²) < 4.78 is 18.2. The molecule has 1 aromatic carbocycles.